The Hall–Kier alpha value is -1.07. The van der Waals surface area contributed by atoms with Crippen LogP contribution in [0.4, 0.5) is 0 Å². The van der Waals surface area contributed by atoms with Gasteiger partial charge in [-0.05, 0) is 0 Å². The van der Waals surface area contributed by atoms with E-state index in [2.05, 4.69) is 13.4 Å². The summed E-state index contributed by atoms with van der Waals surface area (Å²) in [6.07, 6.45) is -15.3. The minimum Gasteiger partial charge on any atom is -0.726 e. The molecule has 0 spiro atoms. The first-order valence-corrected chi connectivity index (χ1v) is 11.9. The number of hydrogen-bond acceptors (Lipinski definition) is 17. The lowest BCUT2D eigenvalue weighted by Gasteiger charge is -2.45. The van der Waals surface area contributed by atoms with Gasteiger partial charge in [0.2, 0.25) is 27.1 Å². The van der Waals surface area contributed by atoms with Crippen LogP contribution in [-0.2, 0) is 48.1 Å². The molecule has 0 bridgehead atoms. The van der Waals surface area contributed by atoms with E-state index in [9.17, 15) is 46.4 Å². The van der Waals surface area contributed by atoms with E-state index in [1.54, 1.807) is 0 Å². The lowest BCUT2D eigenvalue weighted by molar-refractivity contribution is -0.340. The molecule has 10 atom stereocenters. The van der Waals surface area contributed by atoms with Crippen molar-refractivity contribution in [2.45, 2.75) is 68.3 Å². The van der Waals surface area contributed by atoms with Crippen molar-refractivity contribution in [2.24, 2.45) is 4.99 Å². The molecular formula is C14H21NO16S2-2. The average molecular weight is 523 g/mol. The van der Waals surface area contributed by atoms with Gasteiger partial charge in [-0.2, -0.15) is 0 Å². The first kappa shape index (κ1) is 26.5. The Kier molecular flexibility index (Phi) is 7.95. The van der Waals surface area contributed by atoms with Gasteiger partial charge in [0.25, 0.3) is 0 Å². The molecule has 0 radical (unpaired) electrons. The van der Waals surface area contributed by atoms with E-state index in [1.807, 2.05) is 0 Å². The summed E-state index contributed by atoms with van der Waals surface area (Å²) >= 11 is 0. The van der Waals surface area contributed by atoms with Crippen molar-refractivity contribution in [1.29, 1.82) is 0 Å². The summed E-state index contributed by atoms with van der Waals surface area (Å²) in [6, 6.07) is -1.07. The van der Waals surface area contributed by atoms with Crippen LogP contribution in [0.1, 0.15) is 6.92 Å². The second kappa shape index (κ2) is 9.89. The predicted octanol–water partition coefficient (Wildman–Crippen LogP) is -4.96. The molecule has 0 amide bonds. The largest absolute Gasteiger partial charge is 0.726 e. The topological polar surface area (TPSA) is 263 Å². The number of nitrogens with zero attached hydrogens (tertiary/aromatic N) is 1. The van der Waals surface area contributed by atoms with E-state index < -0.39 is 95.4 Å². The highest BCUT2D eigenvalue weighted by molar-refractivity contribution is 7.81. The summed E-state index contributed by atoms with van der Waals surface area (Å²) in [4.78, 5) is 4.00. The summed E-state index contributed by atoms with van der Waals surface area (Å²) in [5.74, 6) is 0.115. The Balaban J connectivity index is 1.79. The number of aliphatic imine (C=N–C) groups is 1. The maximum Gasteiger partial charge on any atom is 0.227 e. The zero-order chi connectivity index (χ0) is 24.7. The van der Waals surface area contributed by atoms with Crippen LogP contribution in [-0.4, -0.2) is 127 Å². The second-order valence-electron chi connectivity index (χ2n) is 7.29. The molecule has 3 aliphatic heterocycles. The SMILES string of the molecule is CC1=N[C@H]2[C@@H](O1)O[C@H](COS(=O)(=O)[O-])[C@@H](O[C@@H]1O[C@H](COS(=O)(=O)[O-])[C@H](O)[C@H](O)[C@H]1O)[C@@H]2O. The van der Waals surface area contributed by atoms with E-state index in [1.165, 1.54) is 6.92 Å². The Labute approximate surface area is 187 Å². The quantitative estimate of drug-likeness (QED) is 0.171. The second-order valence-corrected chi connectivity index (χ2v) is 9.40. The fourth-order valence-electron chi connectivity index (χ4n) is 3.47. The van der Waals surface area contributed by atoms with E-state index in [0.717, 1.165) is 0 Å². The molecule has 2 saturated heterocycles. The van der Waals surface area contributed by atoms with Gasteiger partial charge in [0.05, 0.1) is 13.2 Å². The van der Waals surface area contributed by atoms with Gasteiger partial charge in [-0.3, -0.25) is 8.37 Å². The first-order valence-electron chi connectivity index (χ1n) is 9.26. The predicted molar refractivity (Wildman–Crippen MR) is 95.5 cm³/mol. The van der Waals surface area contributed by atoms with Crippen molar-refractivity contribution in [1.82, 2.24) is 0 Å². The van der Waals surface area contributed by atoms with Crippen LogP contribution in [0.15, 0.2) is 4.99 Å². The molecule has 3 aliphatic rings. The molecule has 2 fully saturated rings. The maximum absolute atomic E-state index is 10.9. The number of hydrogen-bond donors (Lipinski definition) is 4. The maximum atomic E-state index is 10.9. The van der Waals surface area contributed by atoms with Crippen molar-refractivity contribution in [3.05, 3.63) is 0 Å². The molecule has 4 N–H and O–H groups in total. The van der Waals surface area contributed by atoms with Gasteiger partial charge in [0.1, 0.15) is 48.8 Å². The van der Waals surface area contributed by atoms with E-state index >= 15 is 0 Å². The lowest BCUT2D eigenvalue weighted by Crippen LogP contribution is -2.64. The zero-order valence-corrected chi connectivity index (χ0v) is 18.3. The number of aliphatic hydroxyl groups is 4. The van der Waals surface area contributed by atoms with Gasteiger partial charge in [-0.1, -0.05) is 0 Å². The van der Waals surface area contributed by atoms with Crippen LogP contribution in [0.5, 0.6) is 0 Å². The van der Waals surface area contributed by atoms with Crippen molar-refractivity contribution >= 4 is 26.7 Å². The van der Waals surface area contributed by atoms with Crippen molar-refractivity contribution < 1.29 is 73.7 Å². The first-order chi connectivity index (χ1) is 15.2. The van der Waals surface area contributed by atoms with E-state index in [4.69, 9.17) is 18.9 Å². The fourth-order valence-corrected chi connectivity index (χ4v) is 4.07. The van der Waals surface area contributed by atoms with Crippen LogP contribution in [0.2, 0.25) is 0 Å². The molecule has 0 saturated carbocycles. The van der Waals surface area contributed by atoms with Crippen LogP contribution in [0, 0.1) is 0 Å². The molecule has 192 valence electrons. The molecule has 0 aromatic rings. The fraction of sp³-hybridized carbons (Fsp3) is 0.929. The third-order valence-corrected chi connectivity index (χ3v) is 5.82. The summed E-state index contributed by atoms with van der Waals surface area (Å²) in [7, 11) is -10.4. The molecule has 3 heterocycles. The van der Waals surface area contributed by atoms with Crippen LogP contribution >= 0.6 is 0 Å². The minimum atomic E-state index is -5.19. The number of fused-ring (bicyclic) bond motifs is 1. The zero-order valence-electron chi connectivity index (χ0n) is 16.6. The number of ether oxygens (including phenoxy) is 4. The molecule has 19 heteroatoms. The average Bonchev–Trinajstić information content (AvgIpc) is 3.07. The summed E-state index contributed by atoms with van der Waals surface area (Å²) in [5, 5.41) is 40.9. The standard InChI is InChI=1S/C14H23NO16S2/c1-4-15-7-9(17)12(6(30-13(7)28-4)3-27-33(23,24)25)31-14-11(19)10(18)8(16)5(29-14)2-26-32(20,21)22/h5-14,16-19H,2-3H2,1H3,(H,20,21,22)(H,23,24,25)/p-2/t5-,6-,7-,8+,9-,10+,11-,12-,13+,14+/m1/s1. The summed E-state index contributed by atoms with van der Waals surface area (Å²) in [6.45, 7) is -0.560. The van der Waals surface area contributed by atoms with Gasteiger partial charge in [-0.25, -0.2) is 21.8 Å². The Morgan fingerprint density at radius 3 is 2.03 bits per heavy atom. The highest BCUT2D eigenvalue weighted by Crippen LogP contribution is 2.33. The number of aliphatic hydroxyl groups excluding tert-OH is 4. The van der Waals surface area contributed by atoms with Crippen LogP contribution < -0.4 is 0 Å². The molecule has 0 aliphatic carbocycles. The van der Waals surface area contributed by atoms with Crippen LogP contribution in [0.3, 0.4) is 0 Å². The van der Waals surface area contributed by atoms with Crippen LogP contribution in [0.25, 0.3) is 0 Å². The highest BCUT2D eigenvalue weighted by Gasteiger charge is 2.53. The molecule has 0 aromatic carbocycles. The van der Waals surface area contributed by atoms with Gasteiger partial charge in [0.15, 0.2) is 12.2 Å². The Morgan fingerprint density at radius 2 is 1.45 bits per heavy atom. The molecule has 0 aromatic heterocycles. The third-order valence-electron chi connectivity index (χ3n) is 4.97. The summed E-state index contributed by atoms with van der Waals surface area (Å²) < 4.78 is 94.1. The van der Waals surface area contributed by atoms with Gasteiger partial charge in [0, 0.05) is 6.92 Å². The van der Waals surface area contributed by atoms with E-state index in [0.29, 0.717) is 0 Å². The van der Waals surface area contributed by atoms with Gasteiger partial charge < -0.3 is 48.5 Å². The molecule has 0 unspecified atom stereocenters. The smallest absolute Gasteiger partial charge is 0.227 e. The Morgan fingerprint density at radius 1 is 0.879 bits per heavy atom. The van der Waals surface area contributed by atoms with Crippen molar-refractivity contribution in [2.75, 3.05) is 13.2 Å². The van der Waals surface area contributed by atoms with Crippen molar-refractivity contribution in [3.8, 4) is 0 Å². The third kappa shape index (κ3) is 6.54. The number of rotatable bonds is 8. The molecular weight excluding hydrogens is 502 g/mol. The minimum absolute atomic E-state index is 0.115. The van der Waals surface area contributed by atoms with Gasteiger partial charge >= 0.3 is 0 Å². The van der Waals surface area contributed by atoms with E-state index in [-0.39, 0.29) is 5.90 Å². The monoisotopic (exact) mass is 523 g/mol. The molecule has 33 heavy (non-hydrogen) atoms. The highest BCUT2D eigenvalue weighted by atomic mass is 32.3. The van der Waals surface area contributed by atoms with Gasteiger partial charge in [-0.15, -0.1) is 0 Å². The Bertz CT molecular complexity index is 939. The normalized spacial score (nSPS) is 41.8. The summed E-state index contributed by atoms with van der Waals surface area (Å²) in [5.41, 5.74) is 0. The molecule has 3 rings (SSSR count). The lowest BCUT2D eigenvalue weighted by atomic mass is 9.96. The van der Waals surface area contributed by atoms with Crippen molar-refractivity contribution in [3.63, 3.8) is 0 Å². The molecule has 17 nitrogen and oxygen atoms in total.